The Balaban J connectivity index is 2.09. The third-order valence-corrected chi connectivity index (χ3v) is 4.09. The SMILES string of the molecule is CCN(CCC1CC1)C(=O)c1ccc(C(C)C)cc1O. The van der Waals surface area contributed by atoms with E-state index in [1.54, 1.807) is 12.1 Å². The van der Waals surface area contributed by atoms with E-state index in [4.69, 9.17) is 0 Å². The zero-order valence-electron chi connectivity index (χ0n) is 12.7. The minimum Gasteiger partial charge on any atom is -0.507 e. The van der Waals surface area contributed by atoms with Crippen molar-refractivity contribution in [2.24, 2.45) is 5.92 Å². The number of hydrogen-bond acceptors (Lipinski definition) is 2. The molecule has 0 aliphatic heterocycles. The van der Waals surface area contributed by atoms with Crippen LogP contribution in [0.4, 0.5) is 0 Å². The van der Waals surface area contributed by atoms with E-state index in [1.807, 2.05) is 17.9 Å². The van der Waals surface area contributed by atoms with Gasteiger partial charge < -0.3 is 10.0 Å². The van der Waals surface area contributed by atoms with E-state index in [0.29, 0.717) is 18.0 Å². The molecular weight excluding hydrogens is 250 g/mol. The zero-order valence-corrected chi connectivity index (χ0v) is 12.7. The Bertz CT molecular complexity index is 478. The number of benzene rings is 1. The molecule has 0 radical (unpaired) electrons. The summed E-state index contributed by atoms with van der Waals surface area (Å²) in [7, 11) is 0. The summed E-state index contributed by atoms with van der Waals surface area (Å²) < 4.78 is 0. The van der Waals surface area contributed by atoms with Gasteiger partial charge in [-0.05, 0) is 42.9 Å². The Kier molecular flexibility index (Phi) is 4.69. The first kappa shape index (κ1) is 14.9. The number of amides is 1. The normalized spacial score (nSPS) is 14.6. The Hall–Kier alpha value is -1.51. The minimum absolute atomic E-state index is 0.0547. The largest absolute Gasteiger partial charge is 0.507 e. The van der Waals surface area contributed by atoms with Crippen molar-refractivity contribution in [1.29, 1.82) is 0 Å². The van der Waals surface area contributed by atoms with E-state index in [2.05, 4.69) is 13.8 Å². The fourth-order valence-corrected chi connectivity index (χ4v) is 2.41. The molecule has 1 aliphatic rings. The van der Waals surface area contributed by atoms with Gasteiger partial charge in [-0.3, -0.25) is 4.79 Å². The van der Waals surface area contributed by atoms with Crippen LogP contribution in [0.1, 0.15) is 61.9 Å². The first-order chi connectivity index (χ1) is 9.52. The van der Waals surface area contributed by atoms with Crippen molar-refractivity contribution in [3.05, 3.63) is 29.3 Å². The smallest absolute Gasteiger partial charge is 0.257 e. The van der Waals surface area contributed by atoms with E-state index in [-0.39, 0.29) is 11.7 Å². The van der Waals surface area contributed by atoms with Gasteiger partial charge in [-0.1, -0.05) is 32.8 Å². The first-order valence-electron chi connectivity index (χ1n) is 7.65. The maximum atomic E-state index is 12.5. The Labute approximate surface area is 121 Å². The standard InChI is InChI=1S/C17H25NO2/c1-4-18(10-9-13-5-6-13)17(20)15-8-7-14(12(2)3)11-16(15)19/h7-8,11-13,19H,4-6,9-10H2,1-3H3. The van der Waals surface area contributed by atoms with Gasteiger partial charge in [-0.25, -0.2) is 0 Å². The molecule has 0 heterocycles. The molecule has 0 saturated heterocycles. The van der Waals surface area contributed by atoms with Crippen molar-refractivity contribution in [3.63, 3.8) is 0 Å². The van der Waals surface area contributed by atoms with Crippen LogP contribution in [-0.2, 0) is 0 Å². The lowest BCUT2D eigenvalue weighted by atomic mass is 10.0. The highest BCUT2D eigenvalue weighted by atomic mass is 16.3. The molecular formula is C17H25NO2. The topological polar surface area (TPSA) is 40.5 Å². The molecule has 0 bridgehead atoms. The molecule has 1 N–H and O–H groups in total. The van der Waals surface area contributed by atoms with Gasteiger partial charge in [-0.2, -0.15) is 0 Å². The lowest BCUT2D eigenvalue weighted by Gasteiger charge is -2.21. The fraction of sp³-hybridized carbons (Fsp3) is 0.588. The highest BCUT2D eigenvalue weighted by Crippen LogP contribution is 2.32. The van der Waals surface area contributed by atoms with Crippen LogP contribution in [0.2, 0.25) is 0 Å². The maximum Gasteiger partial charge on any atom is 0.257 e. The summed E-state index contributed by atoms with van der Waals surface area (Å²) in [5, 5.41) is 10.1. The summed E-state index contributed by atoms with van der Waals surface area (Å²) in [6.45, 7) is 7.63. The lowest BCUT2D eigenvalue weighted by Crippen LogP contribution is -2.32. The molecule has 1 aliphatic carbocycles. The van der Waals surface area contributed by atoms with Crippen molar-refractivity contribution < 1.29 is 9.90 Å². The second-order valence-corrected chi connectivity index (χ2v) is 6.05. The number of nitrogens with zero attached hydrogens (tertiary/aromatic N) is 1. The summed E-state index contributed by atoms with van der Waals surface area (Å²) in [5.41, 5.74) is 1.48. The average molecular weight is 275 g/mol. The molecule has 1 saturated carbocycles. The van der Waals surface area contributed by atoms with Crippen molar-refractivity contribution in [2.75, 3.05) is 13.1 Å². The van der Waals surface area contributed by atoms with Crippen molar-refractivity contribution >= 4 is 5.91 Å². The highest BCUT2D eigenvalue weighted by molar-refractivity contribution is 5.96. The monoisotopic (exact) mass is 275 g/mol. The Morgan fingerprint density at radius 3 is 2.60 bits per heavy atom. The number of carbonyl (C=O) groups excluding carboxylic acids is 1. The van der Waals surface area contributed by atoms with Crippen LogP contribution in [-0.4, -0.2) is 29.0 Å². The fourth-order valence-electron chi connectivity index (χ4n) is 2.41. The molecule has 0 aromatic heterocycles. The summed E-state index contributed by atoms with van der Waals surface area (Å²) in [6.07, 6.45) is 3.70. The molecule has 0 atom stereocenters. The molecule has 1 aromatic rings. The van der Waals surface area contributed by atoms with Gasteiger partial charge in [0.05, 0.1) is 5.56 Å². The predicted molar refractivity (Wildman–Crippen MR) is 81.1 cm³/mol. The summed E-state index contributed by atoms with van der Waals surface area (Å²) in [6, 6.07) is 5.41. The molecule has 3 nitrogen and oxygen atoms in total. The molecule has 1 amide bonds. The molecule has 0 spiro atoms. The van der Waals surface area contributed by atoms with E-state index in [1.165, 1.54) is 12.8 Å². The molecule has 1 aromatic carbocycles. The number of phenolic OH excluding ortho intramolecular Hbond substituents is 1. The van der Waals surface area contributed by atoms with Crippen LogP contribution in [0.3, 0.4) is 0 Å². The van der Waals surface area contributed by atoms with Crippen LogP contribution >= 0.6 is 0 Å². The quantitative estimate of drug-likeness (QED) is 0.858. The predicted octanol–water partition coefficient (Wildman–Crippen LogP) is 3.78. The van der Waals surface area contributed by atoms with Crippen LogP contribution in [0.25, 0.3) is 0 Å². The summed E-state index contributed by atoms with van der Waals surface area (Å²) in [4.78, 5) is 14.3. The number of phenols is 1. The van der Waals surface area contributed by atoms with Gasteiger partial charge in [0.2, 0.25) is 0 Å². The number of hydrogen-bond donors (Lipinski definition) is 1. The molecule has 1 fully saturated rings. The van der Waals surface area contributed by atoms with Crippen molar-refractivity contribution in [3.8, 4) is 5.75 Å². The zero-order chi connectivity index (χ0) is 14.7. The molecule has 20 heavy (non-hydrogen) atoms. The Morgan fingerprint density at radius 1 is 1.40 bits per heavy atom. The van der Waals surface area contributed by atoms with Gasteiger partial charge in [0, 0.05) is 13.1 Å². The van der Waals surface area contributed by atoms with Crippen molar-refractivity contribution in [1.82, 2.24) is 4.90 Å². The van der Waals surface area contributed by atoms with Crippen LogP contribution in [0, 0.1) is 5.92 Å². The third-order valence-electron chi connectivity index (χ3n) is 4.09. The lowest BCUT2D eigenvalue weighted by molar-refractivity contribution is 0.0757. The number of carbonyl (C=O) groups is 1. The highest BCUT2D eigenvalue weighted by Gasteiger charge is 2.24. The molecule has 2 rings (SSSR count). The van der Waals surface area contributed by atoms with Crippen LogP contribution in [0.5, 0.6) is 5.75 Å². The van der Waals surface area contributed by atoms with Crippen LogP contribution in [0.15, 0.2) is 18.2 Å². The van der Waals surface area contributed by atoms with E-state index >= 15 is 0 Å². The second kappa shape index (κ2) is 6.29. The third kappa shape index (κ3) is 3.53. The first-order valence-corrected chi connectivity index (χ1v) is 7.65. The minimum atomic E-state index is -0.0547. The van der Waals surface area contributed by atoms with E-state index < -0.39 is 0 Å². The van der Waals surface area contributed by atoms with Gasteiger partial charge in [0.15, 0.2) is 0 Å². The van der Waals surface area contributed by atoms with Crippen molar-refractivity contribution in [2.45, 2.75) is 46.0 Å². The summed E-state index contributed by atoms with van der Waals surface area (Å²) >= 11 is 0. The average Bonchev–Trinajstić information content (AvgIpc) is 3.23. The van der Waals surface area contributed by atoms with E-state index in [0.717, 1.165) is 24.4 Å². The van der Waals surface area contributed by atoms with Gasteiger partial charge in [-0.15, -0.1) is 0 Å². The van der Waals surface area contributed by atoms with Crippen LogP contribution < -0.4 is 0 Å². The summed E-state index contributed by atoms with van der Waals surface area (Å²) in [5.74, 6) is 1.21. The molecule has 110 valence electrons. The van der Waals surface area contributed by atoms with Gasteiger partial charge in [0.25, 0.3) is 5.91 Å². The molecule has 0 unspecified atom stereocenters. The number of aromatic hydroxyl groups is 1. The number of rotatable bonds is 6. The van der Waals surface area contributed by atoms with Gasteiger partial charge in [0.1, 0.15) is 5.75 Å². The van der Waals surface area contributed by atoms with Gasteiger partial charge >= 0.3 is 0 Å². The van der Waals surface area contributed by atoms with E-state index in [9.17, 15) is 9.90 Å². The maximum absolute atomic E-state index is 12.5. The second-order valence-electron chi connectivity index (χ2n) is 6.05. The molecule has 3 heteroatoms. The Morgan fingerprint density at radius 2 is 2.10 bits per heavy atom.